The Morgan fingerprint density at radius 2 is 1.25 bits per heavy atom. The van der Waals surface area contributed by atoms with Gasteiger partial charge < -0.3 is 9.80 Å². The van der Waals surface area contributed by atoms with Gasteiger partial charge in [-0.25, -0.2) is 0 Å². The first kappa shape index (κ1) is 16.3. The molecule has 16 heavy (non-hydrogen) atoms. The Morgan fingerprint density at radius 3 is 1.69 bits per heavy atom. The Labute approximate surface area is 108 Å². The zero-order chi connectivity index (χ0) is 12.2. The molecule has 0 aromatic rings. The summed E-state index contributed by atoms with van der Waals surface area (Å²) in [6.45, 7) is 7.10. The van der Waals surface area contributed by atoms with Crippen molar-refractivity contribution in [2.24, 2.45) is 0 Å². The molecule has 0 unspecified atom stereocenters. The van der Waals surface area contributed by atoms with E-state index in [0.717, 1.165) is 5.75 Å². The van der Waals surface area contributed by atoms with E-state index in [1.165, 1.54) is 58.3 Å². The Balaban J connectivity index is 3.32. The van der Waals surface area contributed by atoms with Crippen LogP contribution in [0.5, 0.6) is 0 Å². The molecule has 0 spiro atoms. The summed E-state index contributed by atoms with van der Waals surface area (Å²) in [4.78, 5) is 4.88. The third-order valence-corrected chi connectivity index (χ3v) is 3.27. The molecule has 0 radical (unpaired) electrons. The summed E-state index contributed by atoms with van der Waals surface area (Å²) < 4.78 is 0. The number of hydrogen-bond donors (Lipinski definition) is 1. The molecule has 0 rings (SSSR count). The van der Waals surface area contributed by atoms with Gasteiger partial charge in [0.05, 0.1) is 0 Å². The average molecular weight is 246 g/mol. The molecular formula is C13H30N2S. The highest BCUT2D eigenvalue weighted by molar-refractivity contribution is 7.80. The van der Waals surface area contributed by atoms with Gasteiger partial charge in [0.2, 0.25) is 0 Å². The second-order valence-electron chi connectivity index (χ2n) is 4.74. The van der Waals surface area contributed by atoms with Crippen LogP contribution in [0.1, 0.15) is 39.0 Å². The van der Waals surface area contributed by atoms with Gasteiger partial charge in [-0.2, -0.15) is 12.6 Å². The lowest BCUT2D eigenvalue weighted by atomic mass is 10.2. The average Bonchev–Trinajstić information content (AvgIpc) is 2.27. The maximum absolute atomic E-state index is 4.23. The minimum absolute atomic E-state index is 1.02. The molecule has 2 nitrogen and oxygen atoms in total. The van der Waals surface area contributed by atoms with Gasteiger partial charge in [0.15, 0.2) is 0 Å². The highest BCUT2D eigenvalue weighted by Gasteiger charge is 2.01. The van der Waals surface area contributed by atoms with Crippen molar-refractivity contribution in [3.8, 4) is 0 Å². The quantitative estimate of drug-likeness (QED) is 0.442. The van der Waals surface area contributed by atoms with Crippen LogP contribution in [0, 0.1) is 0 Å². The molecule has 0 heterocycles. The molecule has 0 saturated carbocycles. The van der Waals surface area contributed by atoms with Crippen LogP contribution in [0.3, 0.4) is 0 Å². The number of likely N-dealkylation sites (N-methyl/N-ethyl adjacent to an activating group) is 2. The predicted molar refractivity (Wildman–Crippen MR) is 77.6 cm³/mol. The van der Waals surface area contributed by atoms with Crippen molar-refractivity contribution in [2.75, 3.05) is 46.0 Å². The van der Waals surface area contributed by atoms with E-state index >= 15 is 0 Å². The van der Waals surface area contributed by atoms with Gasteiger partial charge in [-0.15, -0.1) is 0 Å². The van der Waals surface area contributed by atoms with Crippen molar-refractivity contribution in [2.45, 2.75) is 39.0 Å². The van der Waals surface area contributed by atoms with E-state index in [-0.39, 0.29) is 0 Å². The minimum Gasteiger partial charge on any atom is -0.305 e. The van der Waals surface area contributed by atoms with Crippen molar-refractivity contribution in [1.82, 2.24) is 9.80 Å². The Morgan fingerprint density at radius 1 is 0.750 bits per heavy atom. The lowest BCUT2D eigenvalue weighted by Gasteiger charge is -2.21. The fraction of sp³-hybridized carbons (Fsp3) is 1.00. The first-order valence-corrected chi connectivity index (χ1v) is 7.32. The molecule has 0 N–H and O–H groups in total. The number of rotatable bonds is 11. The molecule has 98 valence electrons. The van der Waals surface area contributed by atoms with Gasteiger partial charge in [0.25, 0.3) is 0 Å². The lowest BCUT2D eigenvalue weighted by Crippen LogP contribution is -2.32. The number of nitrogens with zero attached hydrogens (tertiary/aromatic N) is 2. The van der Waals surface area contributed by atoms with Crippen LogP contribution < -0.4 is 0 Å². The normalized spacial score (nSPS) is 11.6. The van der Waals surface area contributed by atoms with Crippen LogP contribution in [-0.2, 0) is 0 Å². The van der Waals surface area contributed by atoms with E-state index in [1.54, 1.807) is 0 Å². The molecule has 0 aliphatic heterocycles. The van der Waals surface area contributed by atoms with E-state index in [2.05, 4.69) is 43.4 Å². The fourth-order valence-electron chi connectivity index (χ4n) is 1.69. The van der Waals surface area contributed by atoms with Crippen LogP contribution in [0.2, 0.25) is 0 Å². The van der Waals surface area contributed by atoms with Gasteiger partial charge >= 0.3 is 0 Å². The lowest BCUT2D eigenvalue weighted by molar-refractivity contribution is 0.251. The van der Waals surface area contributed by atoms with Crippen LogP contribution in [0.4, 0.5) is 0 Å². The number of hydrogen-bond acceptors (Lipinski definition) is 3. The highest BCUT2D eigenvalue weighted by Crippen LogP contribution is 1.98. The van der Waals surface area contributed by atoms with E-state index in [0.29, 0.717) is 0 Å². The Hall–Kier alpha value is 0.270. The molecule has 0 amide bonds. The molecule has 0 aromatic carbocycles. The molecule has 0 bridgehead atoms. The van der Waals surface area contributed by atoms with Crippen molar-refractivity contribution in [3.63, 3.8) is 0 Å². The Kier molecular flexibility index (Phi) is 11.9. The Bertz CT molecular complexity index is 126. The summed E-state index contributed by atoms with van der Waals surface area (Å²) in [6, 6.07) is 0. The molecule has 0 aromatic heterocycles. The summed E-state index contributed by atoms with van der Waals surface area (Å²) in [6.07, 6.45) is 6.54. The van der Waals surface area contributed by atoms with Gasteiger partial charge in [-0.3, -0.25) is 0 Å². The number of thiol groups is 1. The van der Waals surface area contributed by atoms with Crippen molar-refractivity contribution < 1.29 is 0 Å². The van der Waals surface area contributed by atoms with Crippen LogP contribution in [0.15, 0.2) is 0 Å². The van der Waals surface area contributed by atoms with Crippen LogP contribution >= 0.6 is 12.6 Å². The fourth-order valence-corrected chi connectivity index (χ4v) is 1.91. The van der Waals surface area contributed by atoms with E-state index in [1.807, 2.05) is 0 Å². The monoisotopic (exact) mass is 246 g/mol. The van der Waals surface area contributed by atoms with Gasteiger partial charge in [0, 0.05) is 13.1 Å². The third-order valence-electron chi connectivity index (χ3n) is 2.95. The standard InChI is InChI=1S/C13H30N2S/c1-4-5-6-9-14(2)11-12-15(3)10-7-8-13-16/h16H,4-13H2,1-3H3. The summed E-state index contributed by atoms with van der Waals surface area (Å²) >= 11 is 4.23. The van der Waals surface area contributed by atoms with E-state index in [9.17, 15) is 0 Å². The SMILES string of the molecule is CCCCCN(C)CCN(C)CCCCS. The maximum atomic E-state index is 4.23. The summed E-state index contributed by atoms with van der Waals surface area (Å²) in [5.74, 6) is 1.02. The largest absolute Gasteiger partial charge is 0.305 e. The molecule has 0 fully saturated rings. The topological polar surface area (TPSA) is 6.48 Å². The first-order valence-electron chi connectivity index (χ1n) is 6.68. The first-order chi connectivity index (χ1) is 7.70. The van der Waals surface area contributed by atoms with Crippen molar-refractivity contribution in [3.05, 3.63) is 0 Å². The zero-order valence-corrected chi connectivity index (χ0v) is 12.3. The number of unbranched alkanes of at least 4 members (excludes halogenated alkanes) is 3. The van der Waals surface area contributed by atoms with E-state index < -0.39 is 0 Å². The molecular weight excluding hydrogens is 216 g/mol. The minimum atomic E-state index is 1.02. The molecule has 0 atom stereocenters. The summed E-state index contributed by atoms with van der Waals surface area (Å²) in [5, 5.41) is 0. The van der Waals surface area contributed by atoms with Crippen molar-refractivity contribution in [1.29, 1.82) is 0 Å². The summed E-state index contributed by atoms with van der Waals surface area (Å²) in [7, 11) is 4.45. The summed E-state index contributed by atoms with van der Waals surface area (Å²) in [5.41, 5.74) is 0. The van der Waals surface area contributed by atoms with Crippen molar-refractivity contribution >= 4 is 12.6 Å². The second kappa shape index (κ2) is 11.7. The van der Waals surface area contributed by atoms with Gasteiger partial charge in [-0.05, 0) is 52.2 Å². The smallest absolute Gasteiger partial charge is 0.0106 e. The van der Waals surface area contributed by atoms with Gasteiger partial charge in [-0.1, -0.05) is 19.8 Å². The molecule has 0 saturated heterocycles. The van der Waals surface area contributed by atoms with Gasteiger partial charge in [0.1, 0.15) is 0 Å². The van der Waals surface area contributed by atoms with Crippen LogP contribution in [0.25, 0.3) is 0 Å². The zero-order valence-electron chi connectivity index (χ0n) is 11.4. The third kappa shape index (κ3) is 10.8. The molecule has 0 aliphatic rings. The maximum Gasteiger partial charge on any atom is 0.0106 e. The molecule has 3 heteroatoms. The second-order valence-corrected chi connectivity index (χ2v) is 5.19. The predicted octanol–water partition coefficient (Wildman–Crippen LogP) is 2.75. The van der Waals surface area contributed by atoms with E-state index in [4.69, 9.17) is 0 Å². The molecule has 0 aliphatic carbocycles. The highest BCUT2D eigenvalue weighted by atomic mass is 32.1. The van der Waals surface area contributed by atoms with Crippen LogP contribution in [-0.4, -0.2) is 55.8 Å².